The minimum atomic E-state index is 0.158. The number of ether oxygens (including phenoxy) is 1. The van der Waals surface area contributed by atoms with Gasteiger partial charge in [0.25, 0.3) is 0 Å². The Balaban J connectivity index is 1.74. The lowest BCUT2D eigenvalue weighted by atomic mass is 9.85. The fraction of sp³-hybridized carbons (Fsp3) is 0.750. The molecule has 2 aliphatic rings. The van der Waals surface area contributed by atoms with Crippen molar-refractivity contribution in [3.8, 4) is 0 Å². The normalized spacial score (nSPS) is 28.4. The van der Waals surface area contributed by atoms with E-state index in [1.54, 1.807) is 0 Å². The summed E-state index contributed by atoms with van der Waals surface area (Å²) in [6.45, 7) is 0.895. The minimum absolute atomic E-state index is 0.158. The van der Waals surface area contributed by atoms with Crippen molar-refractivity contribution in [3.05, 3.63) is 16.0 Å². The van der Waals surface area contributed by atoms with E-state index in [9.17, 15) is 0 Å². The Morgan fingerprint density at radius 2 is 2.29 bits per heavy atom. The average Bonchev–Trinajstić information content (AvgIpc) is 2.77. The molecule has 3 nitrogen and oxygen atoms in total. The Bertz CT molecular complexity index is 384. The summed E-state index contributed by atoms with van der Waals surface area (Å²) in [5.41, 5.74) is 0.158. The molecule has 3 heterocycles. The first-order valence-electron chi connectivity index (χ1n) is 6.20. The lowest BCUT2D eigenvalue weighted by molar-refractivity contribution is -0.100. The quantitative estimate of drug-likeness (QED) is 0.717. The highest BCUT2D eigenvalue weighted by molar-refractivity contribution is 14.1. The van der Waals surface area contributed by atoms with Gasteiger partial charge in [-0.05, 0) is 65.8 Å². The molecular weight excluding hydrogens is 347 g/mol. The van der Waals surface area contributed by atoms with Crippen molar-refractivity contribution in [2.75, 3.05) is 18.1 Å². The number of hydrogen-bond donors (Lipinski definition) is 0. The smallest absolute Gasteiger partial charge is 0.123 e. The first-order valence-corrected chi connectivity index (χ1v) is 8.43. The zero-order valence-corrected chi connectivity index (χ0v) is 12.7. The third-order valence-corrected chi connectivity index (χ3v) is 5.38. The van der Waals surface area contributed by atoms with Crippen LogP contribution >= 0.6 is 34.4 Å². The van der Waals surface area contributed by atoms with E-state index < -0.39 is 0 Å². The van der Waals surface area contributed by atoms with E-state index in [0.717, 1.165) is 23.1 Å². The number of thioether (sulfide) groups is 1. The highest BCUT2D eigenvalue weighted by Crippen LogP contribution is 2.41. The Labute approximate surface area is 120 Å². The maximum absolute atomic E-state index is 6.11. The first kappa shape index (κ1) is 12.3. The maximum atomic E-state index is 6.11. The van der Waals surface area contributed by atoms with Gasteiger partial charge in [0.15, 0.2) is 0 Å². The SMILES string of the molecule is Ic1ccn(C2CCOC3(CCSCC3)C2)n1. The molecule has 0 amide bonds. The Kier molecular flexibility index (Phi) is 3.68. The van der Waals surface area contributed by atoms with E-state index in [1.165, 1.54) is 24.3 Å². The van der Waals surface area contributed by atoms with Gasteiger partial charge in [0.05, 0.1) is 11.6 Å². The summed E-state index contributed by atoms with van der Waals surface area (Å²) in [7, 11) is 0. The van der Waals surface area contributed by atoms with Gasteiger partial charge in [-0.3, -0.25) is 4.68 Å². The molecule has 5 heteroatoms. The molecule has 0 aliphatic carbocycles. The lowest BCUT2D eigenvalue weighted by Gasteiger charge is -2.43. The van der Waals surface area contributed by atoms with Crippen LogP contribution in [-0.2, 0) is 4.74 Å². The van der Waals surface area contributed by atoms with Crippen LogP contribution in [0, 0.1) is 3.70 Å². The highest BCUT2D eigenvalue weighted by atomic mass is 127. The van der Waals surface area contributed by atoms with E-state index in [2.05, 4.69) is 56.4 Å². The van der Waals surface area contributed by atoms with Crippen molar-refractivity contribution >= 4 is 34.4 Å². The second kappa shape index (κ2) is 5.09. The topological polar surface area (TPSA) is 27.1 Å². The summed E-state index contributed by atoms with van der Waals surface area (Å²) >= 11 is 4.34. The molecule has 0 aromatic carbocycles. The molecule has 0 saturated carbocycles. The summed E-state index contributed by atoms with van der Waals surface area (Å²) in [6, 6.07) is 2.62. The zero-order valence-electron chi connectivity index (χ0n) is 9.77. The first-order chi connectivity index (χ1) is 8.27. The number of halogens is 1. The molecule has 2 fully saturated rings. The third kappa shape index (κ3) is 2.66. The predicted octanol–water partition coefficient (Wildman–Crippen LogP) is 3.11. The fourth-order valence-electron chi connectivity index (χ4n) is 2.84. The molecule has 3 rings (SSSR count). The van der Waals surface area contributed by atoms with Gasteiger partial charge < -0.3 is 4.74 Å². The fourth-order valence-corrected chi connectivity index (χ4v) is 4.48. The molecule has 1 spiro atoms. The molecule has 2 saturated heterocycles. The molecule has 2 aliphatic heterocycles. The standard InChI is InChI=1S/C12H17IN2OS/c13-11-1-5-15(14-11)10-2-6-16-12(9-10)3-7-17-8-4-12/h1,5,10H,2-4,6-9H2. The third-order valence-electron chi connectivity index (χ3n) is 3.82. The Hall–Kier alpha value is 0.250. The molecule has 1 unspecified atom stereocenters. The summed E-state index contributed by atoms with van der Waals surface area (Å²) < 4.78 is 9.34. The average molecular weight is 364 g/mol. The van der Waals surface area contributed by atoms with Gasteiger partial charge in [0.1, 0.15) is 3.70 Å². The number of hydrogen-bond acceptors (Lipinski definition) is 3. The molecule has 1 atom stereocenters. The van der Waals surface area contributed by atoms with Gasteiger partial charge in [0.2, 0.25) is 0 Å². The van der Waals surface area contributed by atoms with Gasteiger partial charge in [-0.1, -0.05) is 0 Å². The maximum Gasteiger partial charge on any atom is 0.123 e. The van der Waals surface area contributed by atoms with Crippen LogP contribution in [0.1, 0.15) is 31.7 Å². The van der Waals surface area contributed by atoms with Crippen LogP contribution in [0.5, 0.6) is 0 Å². The number of aromatic nitrogens is 2. The molecular formula is C12H17IN2OS. The van der Waals surface area contributed by atoms with E-state index in [4.69, 9.17) is 4.74 Å². The van der Waals surface area contributed by atoms with Crippen LogP contribution in [0.2, 0.25) is 0 Å². The summed E-state index contributed by atoms with van der Waals surface area (Å²) in [5, 5.41) is 4.55. The second-order valence-corrected chi connectivity index (χ2v) is 7.24. The van der Waals surface area contributed by atoms with Crippen molar-refractivity contribution in [2.45, 2.75) is 37.3 Å². The van der Waals surface area contributed by atoms with Crippen LogP contribution in [-0.4, -0.2) is 33.5 Å². The van der Waals surface area contributed by atoms with Crippen LogP contribution in [0.15, 0.2) is 12.3 Å². The lowest BCUT2D eigenvalue weighted by Crippen LogP contribution is -2.43. The molecule has 1 aromatic heterocycles. The molecule has 94 valence electrons. The summed E-state index contributed by atoms with van der Waals surface area (Å²) in [6.07, 6.45) is 6.79. The number of nitrogens with zero attached hydrogens (tertiary/aromatic N) is 2. The van der Waals surface area contributed by atoms with Crippen molar-refractivity contribution in [2.24, 2.45) is 0 Å². The Morgan fingerprint density at radius 3 is 3.00 bits per heavy atom. The van der Waals surface area contributed by atoms with Crippen LogP contribution < -0.4 is 0 Å². The highest BCUT2D eigenvalue weighted by Gasteiger charge is 2.39. The molecule has 0 radical (unpaired) electrons. The van der Waals surface area contributed by atoms with Crippen molar-refractivity contribution < 1.29 is 4.74 Å². The van der Waals surface area contributed by atoms with E-state index in [-0.39, 0.29) is 5.60 Å². The Morgan fingerprint density at radius 1 is 1.47 bits per heavy atom. The van der Waals surface area contributed by atoms with E-state index >= 15 is 0 Å². The van der Waals surface area contributed by atoms with Crippen molar-refractivity contribution in [1.82, 2.24) is 9.78 Å². The molecule has 17 heavy (non-hydrogen) atoms. The van der Waals surface area contributed by atoms with E-state index in [1.807, 2.05) is 0 Å². The van der Waals surface area contributed by atoms with Gasteiger partial charge >= 0.3 is 0 Å². The van der Waals surface area contributed by atoms with Crippen LogP contribution in [0.25, 0.3) is 0 Å². The van der Waals surface area contributed by atoms with Gasteiger partial charge in [-0.15, -0.1) is 0 Å². The van der Waals surface area contributed by atoms with Gasteiger partial charge in [0, 0.05) is 12.8 Å². The van der Waals surface area contributed by atoms with Crippen molar-refractivity contribution in [3.63, 3.8) is 0 Å². The second-order valence-electron chi connectivity index (χ2n) is 4.91. The molecule has 0 bridgehead atoms. The summed E-state index contributed by atoms with van der Waals surface area (Å²) in [5.74, 6) is 2.51. The number of rotatable bonds is 1. The zero-order chi connectivity index (χ0) is 11.7. The summed E-state index contributed by atoms with van der Waals surface area (Å²) in [4.78, 5) is 0. The monoisotopic (exact) mass is 364 g/mol. The van der Waals surface area contributed by atoms with Gasteiger partial charge in [-0.2, -0.15) is 16.9 Å². The van der Waals surface area contributed by atoms with Crippen LogP contribution in [0.3, 0.4) is 0 Å². The molecule has 0 N–H and O–H groups in total. The van der Waals surface area contributed by atoms with Crippen LogP contribution in [0.4, 0.5) is 0 Å². The van der Waals surface area contributed by atoms with E-state index in [0.29, 0.717) is 6.04 Å². The van der Waals surface area contributed by atoms with Gasteiger partial charge in [-0.25, -0.2) is 0 Å². The minimum Gasteiger partial charge on any atom is -0.375 e. The molecule has 1 aromatic rings. The predicted molar refractivity (Wildman–Crippen MR) is 78.5 cm³/mol. The largest absolute Gasteiger partial charge is 0.375 e. The van der Waals surface area contributed by atoms with Crippen molar-refractivity contribution in [1.29, 1.82) is 0 Å².